The molecule has 0 aromatic carbocycles. The topological polar surface area (TPSA) is 18.5 Å². The van der Waals surface area contributed by atoms with Gasteiger partial charge in [-0.3, -0.25) is 0 Å². The second-order valence-corrected chi connectivity index (χ2v) is 4.77. The number of likely N-dealkylation sites (N-methyl/N-ethyl adjacent to an activating group) is 1. The van der Waals surface area contributed by atoms with Crippen LogP contribution in [0.2, 0.25) is 0 Å². The minimum absolute atomic E-state index is 0.694. The molecule has 90 valence electrons. The van der Waals surface area contributed by atoms with Gasteiger partial charge in [0, 0.05) is 19.1 Å². The molecule has 1 heterocycles. The Morgan fingerprint density at radius 1 is 1.33 bits per heavy atom. The first-order chi connectivity index (χ1) is 7.24. The highest BCUT2D eigenvalue weighted by molar-refractivity contribution is 4.70. The van der Waals surface area contributed by atoms with Gasteiger partial charge in [-0.15, -0.1) is 0 Å². The predicted octanol–water partition coefficient (Wildman–Crippen LogP) is 1.01. The van der Waals surface area contributed by atoms with Crippen molar-refractivity contribution in [2.24, 2.45) is 0 Å². The maximum atomic E-state index is 3.21. The molecule has 0 amide bonds. The summed E-state index contributed by atoms with van der Waals surface area (Å²) in [6, 6.07) is 0.694. The number of likely N-dealkylation sites (tertiary alicyclic amines) is 1. The normalized spacial score (nSPS) is 20.0. The number of nitrogens with zero attached hydrogens (tertiary/aromatic N) is 2. The molecular formula is C12H27N3. The van der Waals surface area contributed by atoms with E-state index in [0.29, 0.717) is 6.04 Å². The number of nitrogens with one attached hydrogen (secondary N) is 1. The smallest absolute Gasteiger partial charge is 0.0109 e. The lowest BCUT2D eigenvalue weighted by molar-refractivity contribution is 0.207. The third-order valence-corrected chi connectivity index (χ3v) is 3.53. The van der Waals surface area contributed by atoms with Crippen LogP contribution < -0.4 is 5.32 Å². The average molecular weight is 213 g/mol. The molecule has 0 aromatic rings. The predicted molar refractivity (Wildman–Crippen MR) is 66.3 cm³/mol. The molecule has 15 heavy (non-hydrogen) atoms. The molecule has 3 heteroatoms. The van der Waals surface area contributed by atoms with Crippen molar-refractivity contribution in [3.63, 3.8) is 0 Å². The molecule has 0 radical (unpaired) electrons. The van der Waals surface area contributed by atoms with E-state index in [4.69, 9.17) is 0 Å². The summed E-state index contributed by atoms with van der Waals surface area (Å²) in [5, 5.41) is 3.21. The maximum Gasteiger partial charge on any atom is 0.0109 e. The van der Waals surface area contributed by atoms with Gasteiger partial charge in [0.25, 0.3) is 0 Å². The summed E-state index contributed by atoms with van der Waals surface area (Å²) in [4.78, 5) is 5.07. The lowest BCUT2D eigenvalue weighted by atomic mass is 10.2. The number of hydrogen-bond donors (Lipinski definition) is 1. The van der Waals surface area contributed by atoms with E-state index >= 15 is 0 Å². The summed E-state index contributed by atoms with van der Waals surface area (Å²) in [7, 11) is 4.27. The Kier molecular flexibility index (Phi) is 6.22. The fraction of sp³-hybridized carbons (Fsp3) is 1.00. The summed E-state index contributed by atoms with van der Waals surface area (Å²) in [5.41, 5.74) is 0. The van der Waals surface area contributed by atoms with Gasteiger partial charge >= 0.3 is 0 Å². The van der Waals surface area contributed by atoms with Crippen LogP contribution in [-0.2, 0) is 0 Å². The molecule has 1 fully saturated rings. The Hall–Kier alpha value is -0.120. The van der Waals surface area contributed by atoms with Crippen LogP contribution in [-0.4, -0.2) is 62.7 Å². The molecule has 1 N–H and O–H groups in total. The van der Waals surface area contributed by atoms with E-state index in [-0.39, 0.29) is 0 Å². The van der Waals surface area contributed by atoms with Gasteiger partial charge in [-0.1, -0.05) is 0 Å². The summed E-state index contributed by atoms with van der Waals surface area (Å²) < 4.78 is 0. The fourth-order valence-electron chi connectivity index (χ4n) is 2.10. The Morgan fingerprint density at radius 2 is 2.00 bits per heavy atom. The molecule has 1 aliphatic rings. The van der Waals surface area contributed by atoms with E-state index in [1.165, 1.54) is 45.4 Å². The monoisotopic (exact) mass is 213 g/mol. The van der Waals surface area contributed by atoms with E-state index < -0.39 is 0 Å². The van der Waals surface area contributed by atoms with Crippen molar-refractivity contribution in [1.82, 2.24) is 15.1 Å². The Balaban J connectivity index is 2.08. The van der Waals surface area contributed by atoms with E-state index in [0.717, 1.165) is 6.54 Å². The Bertz CT molecular complexity index is 155. The summed E-state index contributed by atoms with van der Waals surface area (Å²) in [6.07, 6.45) is 4.05. The number of hydrogen-bond acceptors (Lipinski definition) is 3. The minimum atomic E-state index is 0.694. The summed E-state index contributed by atoms with van der Waals surface area (Å²) in [6.45, 7) is 8.54. The van der Waals surface area contributed by atoms with Crippen molar-refractivity contribution < 1.29 is 0 Å². The molecule has 1 aliphatic heterocycles. The van der Waals surface area contributed by atoms with E-state index in [1.807, 2.05) is 7.05 Å². The minimum Gasteiger partial charge on any atom is -0.320 e. The first kappa shape index (κ1) is 12.9. The molecular weight excluding hydrogens is 186 g/mol. The zero-order chi connectivity index (χ0) is 11.1. The Labute approximate surface area is 94.8 Å². The standard InChI is InChI=1S/C12H27N3/c1-12(6-7-13-2)14(3)10-11-15-8-4-5-9-15/h12-13H,4-11H2,1-3H3. The van der Waals surface area contributed by atoms with Crippen LogP contribution in [0, 0.1) is 0 Å². The van der Waals surface area contributed by atoms with Gasteiger partial charge in [-0.25, -0.2) is 0 Å². The highest BCUT2D eigenvalue weighted by Crippen LogP contribution is 2.07. The fourth-order valence-corrected chi connectivity index (χ4v) is 2.10. The first-order valence-corrected chi connectivity index (χ1v) is 6.31. The van der Waals surface area contributed by atoms with Crippen LogP contribution in [0.15, 0.2) is 0 Å². The second kappa shape index (κ2) is 7.20. The largest absolute Gasteiger partial charge is 0.320 e. The SMILES string of the molecule is CNCCC(C)N(C)CCN1CCCC1. The first-order valence-electron chi connectivity index (χ1n) is 6.31. The quantitative estimate of drug-likeness (QED) is 0.681. The zero-order valence-electron chi connectivity index (χ0n) is 10.6. The third-order valence-electron chi connectivity index (χ3n) is 3.53. The van der Waals surface area contributed by atoms with E-state index in [1.54, 1.807) is 0 Å². The average Bonchev–Trinajstić information content (AvgIpc) is 2.75. The molecule has 0 saturated carbocycles. The highest BCUT2D eigenvalue weighted by atomic mass is 15.2. The van der Waals surface area contributed by atoms with Crippen molar-refractivity contribution in [3.05, 3.63) is 0 Å². The van der Waals surface area contributed by atoms with Gasteiger partial charge in [0.15, 0.2) is 0 Å². The van der Waals surface area contributed by atoms with Gasteiger partial charge in [0.1, 0.15) is 0 Å². The van der Waals surface area contributed by atoms with Gasteiger partial charge in [0.2, 0.25) is 0 Å². The van der Waals surface area contributed by atoms with Crippen LogP contribution in [0.1, 0.15) is 26.2 Å². The lowest BCUT2D eigenvalue weighted by Gasteiger charge is -2.26. The zero-order valence-corrected chi connectivity index (χ0v) is 10.6. The van der Waals surface area contributed by atoms with Crippen molar-refractivity contribution in [1.29, 1.82) is 0 Å². The van der Waals surface area contributed by atoms with Crippen LogP contribution >= 0.6 is 0 Å². The molecule has 0 aromatic heterocycles. The van der Waals surface area contributed by atoms with Crippen LogP contribution in [0.4, 0.5) is 0 Å². The molecule has 0 aliphatic carbocycles. The molecule has 1 saturated heterocycles. The van der Waals surface area contributed by atoms with Crippen LogP contribution in [0.3, 0.4) is 0 Å². The van der Waals surface area contributed by atoms with Crippen LogP contribution in [0.5, 0.6) is 0 Å². The molecule has 1 atom stereocenters. The van der Waals surface area contributed by atoms with Gasteiger partial charge in [-0.2, -0.15) is 0 Å². The lowest BCUT2D eigenvalue weighted by Crippen LogP contribution is -2.37. The second-order valence-electron chi connectivity index (χ2n) is 4.77. The molecule has 1 unspecified atom stereocenters. The van der Waals surface area contributed by atoms with Crippen molar-refractivity contribution >= 4 is 0 Å². The van der Waals surface area contributed by atoms with Crippen LogP contribution in [0.25, 0.3) is 0 Å². The van der Waals surface area contributed by atoms with Crippen molar-refractivity contribution in [2.45, 2.75) is 32.2 Å². The summed E-state index contributed by atoms with van der Waals surface area (Å²) >= 11 is 0. The van der Waals surface area contributed by atoms with Gasteiger partial charge in [0.05, 0.1) is 0 Å². The Morgan fingerprint density at radius 3 is 2.60 bits per heavy atom. The summed E-state index contributed by atoms with van der Waals surface area (Å²) in [5.74, 6) is 0. The molecule has 0 bridgehead atoms. The molecule has 3 nitrogen and oxygen atoms in total. The molecule has 1 rings (SSSR count). The third kappa shape index (κ3) is 4.96. The van der Waals surface area contributed by atoms with Crippen molar-refractivity contribution in [3.8, 4) is 0 Å². The molecule has 0 spiro atoms. The van der Waals surface area contributed by atoms with Gasteiger partial charge < -0.3 is 15.1 Å². The maximum absolute atomic E-state index is 3.21. The highest BCUT2D eigenvalue weighted by Gasteiger charge is 2.13. The number of rotatable bonds is 7. The van der Waals surface area contributed by atoms with E-state index in [9.17, 15) is 0 Å². The van der Waals surface area contributed by atoms with Gasteiger partial charge in [-0.05, 0) is 59.9 Å². The van der Waals surface area contributed by atoms with E-state index in [2.05, 4.69) is 29.1 Å². The van der Waals surface area contributed by atoms with Crippen molar-refractivity contribution in [2.75, 3.05) is 46.8 Å².